The summed E-state index contributed by atoms with van der Waals surface area (Å²) in [7, 11) is 1.46. The first kappa shape index (κ1) is 15.4. The molecule has 0 saturated carbocycles. The topological polar surface area (TPSA) is 41.6 Å². The quantitative estimate of drug-likeness (QED) is 0.759. The van der Waals surface area contributed by atoms with Crippen LogP contribution in [-0.2, 0) is 9.53 Å². The minimum atomic E-state index is -0.212. The second-order valence-corrected chi connectivity index (χ2v) is 6.36. The maximum atomic E-state index is 11.7. The Labute approximate surface area is 111 Å². The molecule has 1 saturated heterocycles. The molecule has 0 bridgehead atoms. The number of methoxy groups -OCH3 is 1. The number of hydrogen-bond acceptors (Lipinski definition) is 4. The van der Waals surface area contributed by atoms with Crippen molar-refractivity contribution in [2.45, 2.75) is 52.6 Å². The predicted molar refractivity (Wildman–Crippen MR) is 73.5 cm³/mol. The Balaban J connectivity index is 2.48. The summed E-state index contributed by atoms with van der Waals surface area (Å²) in [5, 5.41) is 3.28. The van der Waals surface area contributed by atoms with Crippen LogP contribution in [0.15, 0.2) is 0 Å². The molecule has 1 fully saturated rings. The Kier molecular flexibility index (Phi) is 5.60. The van der Waals surface area contributed by atoms with Crippen LogP contribution in [0.25, 0.3) is 0 Å². The van der Waals surface area contributed by atoms with Crippen LogP contribution in [0.4, 0.5) is 0 Å². The SMILES string of the molecule is COC(=O)C(CN1CCC(C)(C)CC1)NC(C)C. The van der Waals surface area contributed by atoms with Crippen LogP contribution in [0.5, 0.6) is 0 Å². The number of likely N-dealkylation sites (tertiary alicyclic amines) is 1. The fourth-order valence-corrected chi connectivity index (χ4v) is 2.34. The van der Waals surface area contributed by atoms with Gasteiger partial charge in [-0.15, -0.1) is 0 Å². The fraction of sp³-hybridized carbons (Fsp3) is 0.929. The second-order valence-electron chi connectivity index (χ2n) is 6.36. The largest absolute Gasteiger partial charge is 0.468 e. The van der Waals surface area contributed by atoms with Crippen molar-refractivity contribution in [3.8, 4) is 0 Å². The Morgan fingerprint density at radius 2 is 1.89 bits per heavy atom. The van der Waals surface area contributed by atoms with Gasteiger partial charge in [0.05, 0.1) is 7.11 Å². The molecule has 0 spiro atoms. The van der Waals surface area contributed by atoms with Crippen molar-refractivity contribution < 1.29 is 9.53 Å². The highest BCUT2D eigenvalue weighted by atomic mass is 16.5. The lowest BCUT2D eigenvalue weighted by Gasteiger charge is -2.38. The third-order valence-electron chi connectivity index (χ3n) is 3.67. The number of nitrogens with one attached hydrogen (secondary N) is 1. The monoisotopic (exact) mass is 256 g/mol. The van der Waals surface area contributed by atoms with E-state index in [1.807, 2.05) is 0 Å². The van der Waals surface area contributed by atoms with E-state index in [2.05, 4.69) is 37.9 Å². The van der Waals surface area contributed by atoms with Crippen molar-refractivity contribution in [3.63, 3.8) is 0 Å². The van der Waals surface area contributed by atoms with Crippen molar-refractivity contribution in [1.29, 1.82) is 0 Å². The lowest BCUT2D eigenvalue weighted by molar-refractivity contribution is -0.144. The van der Waals surface area contributed by atoms with Crippen LogP contribution in [0, 0.1) is 5.41 Å². The van der Waals surface area contributed by atoms with E-state index < -0.39 is 0 Å². The van der Waals surface area contributed by atoms with Gasteiger partial charge in [-0.25, -0.2) is 0 Å². The van der Waals surface area contributed by atoms with Gasteiger partial charge in [0.25, 0.3) is 0 Å². The van der Waals surface area contributed by atoms with Crippen LogP contribution in [-0.4, -0.2) is 49.7 Å². The van der Waals surface area contributed by atoms with E-state index in [9.17, 15) is 4.79 Å². The average Bonchev–Trinajstić information content (AvgIpc) is 2.29. The first-order valence-electron chi connectivity index (χ1n) is 6.90. The van der Waals surface area contributed by atoms with Gasteiger partial charge in [-0.2, -0.15) is 0 Å². The molecule has 4 heteroatoms. The van der Waals surface area contributed by atoms with Crippen LogP contribution < -0.4 is 5.32 Å². The van der Waals surface area contributed by atoms with E-state index in [1.54, 1.807) is 0 Å². The number of nitrogens with zero attached hydrogens (tertiary/aromatic N) is 1. The molecule has 1 unspecified atom stereocenters. The average molecular weight is 256 g/mol. The van der Waals surface area contributed by atoms with Crippen molar-refractivity contribution in [3.05, 3.63) is 0 Å². The number of rotatable bonds is 5. The molecule has 4 nitrogen and oxygen atoms in total. The predicted octanol–water partition coefficient (Wildman–Crippen LogP) is 1.65. The van der Waals surface area contributed by atoms with Crippen LogP contribution >= 0.6 is 0 Å². The minimum Gasteiger partial charge on any atom is -0.468 e. The first-order chi connectivity index (χ1) is 8.34. The molecule has 106 valence electrons. The molecule has 1 aliphatic rings. The standard InChI is InChI=1S/C14H28N2O2/c1-11(2)15-12(13(17)18-5)10-16-8-6-14(3,4)7-9-16/h11-12,15H,6-10H2,1-5H3. The van der Waals surface area contributed by atoms with E-state index >= 15 is 0 Å². The van der Waals surface area contributed by atoms with Crippen molar-refractivity contribution in [1.82, 2.24) is 10.2 Å². The number of piperidine rings is 1. The second kappa shape index (κ2) is 6.53. The summed E-state index contributed by atoms with van der Waals surface area (Å²) in [5.74, 6) is -0.159. The summed E-state index contributed by atoms with van der Waals surface area (Å²) in [6.45, 7) is 11.6. The molecule has 0 aromatic rings. The Morgan fingerprint density at radius 3 is 2.33 bits per heavy atom. The summed E-state index contributed by atoms with van der Waals surface area (Å²) in [4.78, 5) is 14.1. The van der Waals surface area contributed by atoms with E-state index in [0.717, 1.165) is 19.6 Å². The molecule has 0 aromatic heterocycles. The summed E-state index contributed by atoms with van der Waals surface area (Å²) in [6.07, 6.45) is 2.39. The minimum absolute atomic E-state index is 0.159. The smallest absolute Gasteiger partial charge is 0.324 e. The molecule has 1 N–H and O–H groups in total. The van der Waals surface area contributed by atoms with Crippen molar-refractivity contribution in [2.24, 2.45) is 5.41 Å². The molecule has 0 aliphatic carbocycles. The normalized spacial score (nSPS) is 21.9. The molecule has 1 rings (SSSR count). The molecule has 1 atom stereocenters. The molecule has 0 radical (unpaired) electrons. The van der Waals surface area contributed by atoms with Gasteiger partial charge in [0.2, 0.25) is 0 Å². The summed E-state index contributed by atoms with van der Waals surface area (Å²) in [5.41, 5.74) is 0.447. The number of carbonyl (C=O) groups is 1. The molecular formula is C14H28N2O2. The maximum absolute atomic E-state index is 11.7. The fourth-order valence-electron chi connectivity index (χ4n) is 2.34. The van der Waals surface area contributed by atoms with Gasteiger partial charge in [0.1, 0.15) is 6.04 Å². The highest BCUT2D eigenvalue weighted by molar-refractivity contribution is 5.76. The Morgan fingerprint density at radius 1 is 1.33 bits per heavy atom. The van der Waals surface area contributed by atoms with Crippen LogP contribution in [0.1, 0.15) is 40.5 Å². The van der Waals surface area contributed by atoms with Crippen LogP contribution in [0.2, 0.25) is 0 Å². The Bertz CT molecular complexity index is 267. The zero-order chi connectivity index (χ0) is 13.8. The van der Waals surface area contributed by atoms with Crippen molar-refractivity contribution >= 4 is 5.97 Å². The molecule has 1 heterocycles. The number of esters is 1. The van der Waals surface area contributed by atoms with Gasteiger partial charge in [-0.05, 0) is 31.3 Å². The lowest BCUT2D eigenvalue weighted by Crippen LogP contribution is -2.51. The van der Waals surface area contributed by atoms with E-state index in [0.29, 0.717) is 5.41 Å². The summed E-state index contributed by atoms with van der Waals surface area (Å²) >= 11 is 0. The number of ether oxygens (including phenoxy) is 1. The summed E-state index contributed by atoms with van der Waals surface area (Å²) in [6, 6.07) is 0.0755. The van der Waals surface area contributed by atoms with Gasteiger partial charge >= 0.3 is 5.97 Å². The summed E-state index contributed by atoms with van der Waals surface area (Å²) < 4.78 is 4.87. The van der Waals surface area contributed by atoms with Gasteiger partial charge in [0.15, 0.2) is 0 Å². The first-order valence-corrected chi connectivity index (χ1v) is 6.90. The molecule has 0 amide bonds. The lowest BCUT2D eigenvalue weighted by atomic mass is 9.82. The molecular weight excluding hydrogens is 228 g/mol. The van der Waals surface area contributed by atoms with E-state index in [-0.39, 0.29) is 18.1 Å². The van der Waals surface area contributed by atoms with Gasteiger partial charge in [0, 0.05) is 12.6 Å². The van der Waals surface area contributed by atoms with Gasteiger partial charge in [-0.3, -0.25) is 4.79 Å². The molecule has 18 heavy (non-hydrogen) atoms. The maximum Gasteiger partial charge on any atom is 0.324 e. The zero-order valence-corrected chi connectivity index (χ0v) is 12.5. The number of carbonyl (C=O) groups excluding carboxylic acids is 1. The zero-order valence-electron chi connectivity index (χ0n) is 12.5. The van der Waals surface area contributed by atoms with Gasteiger partial charge < -0.3 is 15.0 Å². The Hall–Kier alpha value is -0.610. The van der Waals surface area contributed by atoms with E-state index in [4.69, 9.17) is 4.74 Å². The third kappa shape index (κ3) is 4.94. The molecule has 1 aliphatic heterocycles. The number of hydrogen-bond donors (Lipinski definition) is 1. The highest BCUT2D eigenvalue weighted by Gasteiger charge is 2.29. The molecule has 0 aromatic carbocycles. The third-order valence-corrected chi connectivity index (χ3v) is 3.67. The van der Waals surface area contributed by atoms with Crippen molar-refractivity contribution in [2.75, 3.05) is 26.7 Å². The van der Waals surface area contributed by atoms with Crippen LogP contribution in [0.3, 0.4) is 0 Å². The van der Waals surface area contributed by atoms with E-state index in [1.165, 1.54) is 20.0 Å². The van der Waals surface area contributed by atoms with Gasteiger partial charge in [-0.1, -0.05) is 27.7 Å². The highest BCUT2D eigenvalue weighted by Crippen LogP contribution is 2.29.